The number of aromatic nitrogens is 1. The Labute approximate surface area is 198 Å². The normalized spacial score (nSPS) is 10.4. The van der Waals surface area contributed by atoms with E-state index in [1.165, 1.54) is 0 Å². The lowest BCUT2D eigenvalue weighted by Gasteiger charge is -2.12. The van der Waals surface area contributed by atoms with Gasteiger partial charge in [-0.05, 0) is 67.4 Å². The predicted molar refractivity (Wildman–Crippen MR) is 135 cm³/mol. The number of pyridine rings is 1. The smallest absolute Gasteiger partial charge is 0.255 e. The van der Waals surface area contributed by atoms with E-state index >= 15 is 0 Å². The van der Waals surface area contributed by atoms with Crippen LogP contribution in [0.4, 0.5) is 11.4 Å². The second-order valence-corrected chi connectivity index (χ2v) is 7.94. The van der Waals surface area contributed by atoms with Crippen LogP contribution in [0.2, 0.25) is 0 Å². The molecule has 0 bridgehead atoms. The van der Waals surface area contributed by atoms with Crippen molar-refractivity contribution in [2.45, 2.75) is 13.8 Å². The van der Waals surface area contributed by atoms with Crippen LogP contribution in [0, 0.1) is 19.3 Å². The number of anilines is 2. The molecular formula is C28H24N4O2. The molecule has 1 heterocycles. The summed E-state index contributed by atoms with van der Waals surface area (Å²) < 4.78 is 0. The summed E-state index contributed by atoms with van der Waals surface area (Å²) in [5.74, 6) is -0.540. The van der Waals surface area contributed by atoms with Crippen LogP contribution in [0.25, 0.3) is 0 Å². The zero-order valence-electron chi connectivity index (χ0n) is 18.9. The summed E-state index contributed by atoms with van der Waals surface area (Å²) in [7, 11) is 0. The molecule has 1 aromatic heterocycles. The van der Waals surface area contributed by atoms with Crippen molar-refractivity contribution in [3.05, 3.63) is 125 Å². The van der Waals surface area contributed by atoms with Gasteiger partial charge in [0.2, 0.25) is 0 Å². The molecule has 2 amide bonds. The zero-order chi connectivity index (χ0) is 24.1. The molecule has 3 aromatic carbocycles. The molecule has 4 aromatic rings. The number of benzene rings is 3. The highest BCUT2D eigenvalue weighted by Gasteiger charge is 2.14. The van der Waals surface area contributed by atoms with Crippen molar-refractivity contribution in [3.8, 4) is 0 Å². The molecule has 0 aliphatic rings. The minimum atomic E-state index is -0.279. The summed E-state index contributed by atoms with van der Waals surface area (Å²) >= 11 is 0. The van der Waals surface area contributed by atoms with Gasteiger partial charge in [-0.15, -0.1) is 0 Å². The number of carbonyl (C=O) groups is 2. The maximum absolute atomic E-state index is 12.9. The van der Waals surface area contributed by atoms with Crippen molar-refractivity contribution >= 4 is 28.9 Å². The van der Waals surface area contributed by atoms with Gasteiger partial charge in [0, 0.05) is 46.0 Å². The second kappa shape index (κ2) is 9.92. The Morgan fingerprint density at radius 3 is 2.15 bits per heavy atom. The fourth-order valence-corrected chi connectivity index (χ4v) is 3.66. The van der Waals surface area contributed by atoms with E-state index in [1.807, 2.05) is 43.3 Å². The molecule has 168 valence electrons. The minimum absolute atomic E-state index is 0.260. The van der Waals surface area contributed by atoms with E-state index in [1.54, 1.807) is 61.8 Å². The first-order chi connectivity index (χ1) is 16.4. The van der Waals surface area contributed by atoms with Crippen molar-refractivity contribution in [2.75, 3.05) is 10.6 Å². The van der Waals surface area contributed by atoms with Gasteiger partial charge in [-0.3, -0.25) is 20.0 Å². The second-order valence-electron chi connectivity index (χ2n) is 7.94. The third kappa shape index (κ3) is 5.07. The number of carbonyl (C=O) groups excluding carboxylic acids is 2. The van der Waals surface area contributed by atoms with Crippen LogP contribution >= 0.6 is 0 Å². The Balaban J connectivity index is 1.49. The van der Waals surface area contributed by atoms with Gasteiger partial charge >= 0.3 is 0 Å². The van der Waals surface area contributed by atoms with Crippen molar-refractivity contribution < 1.29 is 9.59 Å². The molecule has 3 N–H and O–H groups in total. The number of rotatable bonds is 6. The van der Waals surface area contributed by atoms with Gasteiger partial charge in [-0.1, -0.05) is 36.4 Å². The molecule has 0 saturated carbocycles. The third-order valence-corrected chi connectivity index (χ3v) is 5.49. The van der Waals surface area contributed by atoms with Crippen molar-refractivity contribution in [2.24, 2.45) is 0 Å². The number of nitrogens with one attached hydrogen (secondary N) is 3. The SMILES string of the molecule is Cc1ccccc1C(=N)c1cccc(NC(=O)c2ccc(C(=O)Nc3ccncc3)cc2C)c1. The largest absolute Gasteiger partial charge is 0.322 e. The molecule has 6 nitrogen and oxygen atoms in total. The van der Waals surface area contributed by atoms with Crippen molar-refractivity contribution in [1.29, 1.82) is 5.41 Å². The van der Waals surface area contributed by atoms with Crippen LogP contribution in [-0.4, -0.2) is 22.5 Å². The standard InChI is InChI=1S/C28H24N4O2/c1-18-6-3-4-9-24(18)26(29)20-7-5-8-23(17-20)32-28(34)25-11-10-21(16-19(25)2)27(33)31-22-12-14-30-15-13-22/h3-17,29H,1-2H3,(H,32,34)(H,30,31,33). The zero-order valence-corrected chi connectivity index (χ0v) is 18.9. The maximum Gasteiger partial charge on any atom is 0.255 e. The Morgan fingerprint density at radius 2 is 1.41 bits per heavy atom. The average Bonchev–Trinajstić information content (AvgIpc) is 2.84. The molecule has 4 rings (SSSR count). The molecule has 0 unspecified atom stereocenters. The number of hydrogen-bond acceptors (Lipinski definition) is 4. The van der Waals surface area contributed by atoms with E-state index < -0.39 is 0 Å². The molecule has 34 heavy (non-hydrogen) atoms. The molecule has 0 saturated heterocycles. The quantitative estimate of drug-likeness (QED) is 0.334. The molecule has 6 heteroatoms. The van der Waals surface area contributed by atoms with Crippen LogP contribution in [0.15, 0.2) is 91.3 Å². The van der Waals surface area contributed by atoms with Gasteiger partial charge in [-0.2, -0.15) is 0 Å². The average molecular weight is 449 g/mol. The molecule has 0 aliphatic carbocycles. The van der Waals surface area contributed by atoms with Gasteiger partial charge in [0.1, 0.15) is 0 Å². The molecule has 0 fully saturated rings. The van der Waals surface area contributed by atoms with Crippen LogP contribution in [0.3, 0.4) is 0 Å². The minimum Gasteiger partial charge on any atom is -0.322 e. The van der Waals surface area contributed by atoms with Gasteiger partial charge in [0.05, 0.1) is 5.71 Å². The van der Waals surface area contributed by atoms with Gasteiger partial charge < -0.3 is 10.6 Å². The number of hydrogen-bond donors (Lipinski definition) is 3. The van der Waals surface area contributed by atoms with Gasteiger partial charge in [0.25, 0.3) is 11.8 Å². The lowest BCUT2D eigenvalue weighted by molar-refractivity contribution is 0.101. The molecule has 0 spiro atoms. The summed E-state index contributed by atoms with van der Waals surface area (Å²) in [5.41, 5.74) is 5.84. The van der Waals surface area contributed by atoms with E-state index in [9.17, 15) is 9.59 Å². The lowest BCUT2D eigenvalue weighted by Crippen LogP contribution is -2.16. The van der Waals surface area contributed by atoms with Crippen molar-refractivity contribution in [1.82, 2.24) is 4.98 Å². The topological polar surface area (TPSA) is 94.9 Å². The van der Waals surface area contributed by atoms with Crippen LogP contribution in [-0.2, 0) is 0 Å². The summed E-state index contributed by atoms with van der Waals surface area (Å²) in [5, 5.41) is 14.3. The van der Waals surface area contributed by atoms with E-state index in [-0.39, 0.29) is 11.8 Å². The fourth-order valence-electron chi connectivity index (χ4n) is 3.66. The first kappa shape index (κ1) is 22.6. The molecule has 0 atom stereocenters. The first-order valence-electron chi connectivity index (χ1n) is 10.8. The Bertz CT molecular complexity index is 1380. The number of aryl methyl sites for hydroxylation is 2. The fraction of sp³-hybridized carbons (Fsp3) is 0.0714. The first-order valence-corrected chi connectivity index (χ1v) is 10.8. The molecular weight excluding hydrogens is 424 g/mol. The highest BCUT2D eigenvalue weighted by atomic mass is 16.2. The number of nitrogens with zero attached hydrogens (tertiary/aromatic N) is 1. The molecule has 0 radical (unpaired) electrons. The van der Waals surface area contributed by atoms with Gasteiger partial charge in [-0.25, -0.2) is 0 Å². The van der Waals surface area contributed by atoms with Crippen LogP contribution < -0.4 is 10.6 Å². The van der Waals surface area contributed by atoms with E-state index in [4.69, 9.17) is 5.41 Å². The van der Waals surface area contributed by atoms with Crippen LogP contribution in [0.5, 0.6) is 0 Å². The number of amides is 2. The maximum atomic E-state index is 12.9. The lowest BCUT2D eigenvalue weighted by atomic mass is 9.98. The Hall–Kier alpha value is -4.58. The van der Waals surface area contributed by atoms with E-state index in [2.05, 4.69) is 15.6 Å². The summed E-state index contributed by atoms with van der Waals surface area (Å²) in [6.45, 7) is 3.77. The van der Waals surface area contributed by atoms with E-state index in [0.717, 1.165) is 11.1 Å². The summed E-state index contributed by atoms with van der Waals surface area (Å²) in [4.78, 5) is 29.4. The highest BCUT2D eigenvalue weighted by molar-refractivity contribution is 6.13. The summed E-state index contributed by atoms with van der Waals surface area (Å²) in [6.07, 6.45) is 3.21. The Kier molecular flexibility index (Phi) is 6.59. The predicted octanol–water partition coefficient (Wildman–Crippen LogP) is 5.62. The van der Waals surface area contributed by atoms with Gasteiger partial charge in [0.15, 0.2) is 0 Å². The monoisotopic (exact) mass is 448 g/mol. The molecule has 0 aliphatic heterocycles. The third-order valence-electron chi connectivity index (χ3n) is 5.49. The van der Waals surface area contributed by atoms with E-state index in [0.29, 0.717) is 39.3 Å². The van der Waals surface area contributed by atoms with Crippen LogP contribution in [0.1, 0.15) is 43.0 Å². The van der Waals surface area contributed by atoms with Crippen molar-refractivity contribution in [3.63, 3.8) is 0 Å². The Morgan fingerprint density at radius 1 is 0.676 bits per heavy atom. The highest BCUT2D eigenvalue weighted by Crippen LogP contribution is 2.19. The summed E-state index contributed by atoms with van der Waals surface area (Å²) in [6, 6.07) is 23.4.